The average molecular weight is 434 g/mol. The van der Waals surface area contributed by atoms with Crippen LogP contribution in [0.15, 0.2) is 41.8 Å². The second kappa shape index (κ2) is 8.55. The van der Waals surface area contributed by atoms with Crippen molar-refractivity contribution in [3.8, 4) is 17.0 Å². The van der Waals surface area contributed by atoms with Crippen molar-refractivity contribution >= 4 is 33.3 Å². The molecular weight excluding hydrogens is 406 g/mol. The van der Waals surface area contributed by atoms with Crippen LogP contribution < -0.4 is 10.1 Å². The number of nitrogens with zero attached hydrogens (tertiary/aromatic N) is 2. The second-order valence-corrected chi connectivity index (χ2v) is 8.48. The molecule has 1 amide bonds. The SMILES string of the molecule is CCOc1ccc2c(c1)c(C)c(C(=O)Nc1nc(-c3ccc(C)c(C)c3)cs1)n2CC. The highest BCUT2D eigenvalue weighted by molar-refractivity contribution is 7.14. The standard InChI is InChI=1S/C25H27N3O2S/c1-6-28-22-11-10-19(30-7-2)13-20(22)17(5)23(28)24(29)27-25-26-21(14-31-25)18-9-8-15(3)16(4)12-18/h8-14H,6-7H2,1-5H3,(H,26,27,29). The van der Waals surface area contributed by atoms with Gasteiger partial charge in [-0.1, -0.05) is 12.1 Å². The van der Waals surface area contributed by atoms with Crippen molar-refractivity contribution in [2.24, 2.45) is 0 Å². The van der Waals surface area contributed by atoms with Gasteiger partial charge in [0.1, 0.15) is 11.4 Å². The highest BCUT2D eigenvalue weighted by Gasteiger charge is 2.21. The molecule has 0 unspecified atom stereocenters. The van der Waals surface area contributed by atoms with Gasteiger partial charge in [0.15, 0.2) is 5.13 Å². The van der Waals surface area contributed by atoms with Crippen LogP contribution in [-0.2, 0) is 6.54 Å². The molecule has 0 fully saturated rings. The van der Waals surface area contributed by atoms with Crippen molar-refractivity contribution in [1.82, 2.24) is 9.55 Å². The monoisotopic (exact) mass is 433 g/mol. The van der Waals surface area contributed by atoms with E-state index in [-0.39, 0.29) is 5.91 Å². The Morgan fingerprint density at radius 3 is 2.61 bits per heavy atom. The molecule has 2 aromatic heterocycles. The molecular formula is C25H27N3O2S. The fourth-order valence-electron chi connectivity index (χ4n) is 3.90. The third kappa shape index (κ3) is 3.95. The molecule has 6 heteroatoms. The first-order valence-corrected chi connectivity index (χ1v) is 11.4. The Kier molecular flexibility index (Phi) is 5.83. The highest BCUT2D eigenvalue weighted by atomic mass is 32.1. The Morgan fingerprint density at radius 2 is 1.90 bits per heavy atom. The van der Waals surface area contributed by atoms with Gasteiger partial charge in [-0.15, -0.1) is 11.3 Å². The maximum absolute atomic E-state index is 13.2. The predicted molar refractivity (Wildman–Crippen MR) is 128 cm³/mol. The van der Waals surface area contributed by atoms with E-state index in [0.717, 1.165) is 33.5 Å². The number of benzene rings is 2. The molecule has 0 atom stereocenters. The van der Waals surface area contributed by atoms with Gasteiger partial charge in [-0.25, -0.2) is 4.98 Å². The maximum atomic E-state index is 13.2. The fraction of sp³-hybridized carbons (Fsp3) is 0.280. The summed E-state index contributed by atoms with van der Waals surface area (Å²) in [5.41, 5.74) is 7.05. The van der Waals surface area contributed by atoms with E-state index in [4.69, 9.17) is 4.74 Å². The van der Waals surface area contributed by atoms with Crippen LogP contribution in [0.3, 0.4) is 0 Å². The molecule has 0 aliphatic heterocycles. The molecule has 0 saturated carbocycles. The largest absolute Gasteiger partial charge is 0.494 e. The number of anilines is 1. The van der Waals surface area contributed by atoms with Crippen LogP contribution >= 0.6 is 11.3 Å². The number of hydrogen-bond acceptors (Lipinski definition) is 4. The molecule has 31 heavy (non-hydrogen) atoms. The Labute approximate surface area is 186 Å². The van der Waals surface area contributed by atoms with Crippen molar-refractivity contribution in [1.29, 1.82) is 0 Å². The van der Waals surface area contributed by atoms with E-state index >= 15 is 0 Å². The molecule has 4 aromatic rings. The summed E-state index contributed by atoms with van der Waals surface area (Å²) >= 11 is 1.44. The summed E-state index contributed by atoms with van der Waals surface area (Å²) in [6, 6.07) is 12.3. The number of thiazole rings is 1. The first-order valence-electron chi connectivity index (χ1n) is 10.5. The lowest BCUT2D eigenvalue weighted by Crippen LogP contribution is -2.17. The van der Waals surface area contributed by atoms with Gasteiger partial charge in [-0.05, 0) is 75.6 Å². The van der Waals surface area contributed by atoms with Gasteiger partial charge in [0.2, 0.25) is 0 Å². The van der Waals surface area contributed by atoms with Crippen LogP contribution in [0.2, 0.25) is 0 Å². The number of ether oxygens (including phenoxy) is 1. The fourth-order valence-corrected chi connectivity index (χ4v) is 4.61. The smallest absolute Gasteiger partial charge is 0.274 e. The van der Waals surface area contributed by atoms with E-state index in [2.05, 4.69) is 42.3 Å². The molecule has 2 heterocycles. The number of aryl methyl sites for hydroxylation is 4. The molecule has 0 spiro atoms. The van der Waals surface area contributed by atoms with Gasteiger partial charge in [0.05, 0.1) is 12.3 Å². The minimum Gasteiger partial charge on any atom is -0.494 e. The Morgan fingerprint density at radius 1 is 1.10 bits per heavy atom. The molecule has 0 radical (unpaired) electrons. The van der Waals surface area contributed by atoms with Crippen molar-refractivity contribution in [3.05, 3.63) is 64.2 Å². The summed E-state index contributed by atoms with van der Waals surface area (Å²) in [6.07, 6.45) is 0. The molecule has 0 aliphatic rings. The predicted octanol–water partition coefficient (Wildman–Crippen LogP) is 6.36. The number of nitrogens with one attached hydrogen (secondary N) is 1. The van der Waals surface area contributed by atoms with Gasteiger partial charge >= 0.3 is 0 Å². The molecule has 0 aliphatic carbocycles. The number of amides is 1. The quantitative estimate of drug-likeness (QED) is 0.385. The van der Waals surface area contributed by atoms with Crippen LogP contribution in [0, 0.1) is 20.8 Å². The summed E-state index contributed by atoms with van der Waals surface area (Å²) in [5.74, 6) is 0.672. The molecule has 2 aromatic carbocycles. The van der Waals surface area contributed by atoms with Crippen molar-refractivity contribution in [3.63, 3.8) is 0 Å². The Balaban J connectivity index is 1.65. The van der Waals surface area contributed by atoms with Crippen LogP contribution in [0.5, 0.6) is 5.75 Å². The van der Waals surface area contributed by atoms with Gasteiger partial charge in [0, 0.05) is 28.4 Å². The first-order chi connectivity index (χ1) is 14.9. The number of fused-ring (bicyclic) bond motifs is 1. The van der Waals surface area contributed by atoms with E-state index in [1.807, 2.05) is 48.9 Å². The number of hydrogen-bond donors (Lipinski definition) is 1. The van der Waals surface area contributed by atoms with Crippen LogP contribution in [-0.4, -0.2) is 22.1 Å². The third-order valence-corrected chi connectivity index (χ3v) is 6.42. The second-order valence-electron chi connectivity index (χ2n) is 7.62. The van der Waals surface area contributed by atoms with Gasteiger partial charge < -0.3 is 9.30 Å². The summed E-state index contributed by atoms with van der Waals surface area (Å²) in [7, 11) is 0. The number of carbonyl (C=O) groups excluding carboxylic acids is 1. The van der Waals surface area contributed by atoms with Crippen molar-refractivity contribution in [2.75, 3.05) is 11.9 Å². The van der Waals surface area contributed by atoms with Crippen molar-refractivity contribution < 1.29 is 9.53 Å². The van der Waals surface area contributed by atoms with Crippen LogP contribution in [0.4, 0.5) is 5.13 Å². The minimum atomic E-state index is -0.144. The summed E-state index contributed by atoms with van der Waals surface area (Å²) in [4.78, 5) is 17.9. The molecule has 0 saturated heterocycles. The normalized spacial score (nSPS) is 11.1. The Hall–Kier alpha value is -3.12. The first kappa shape index (κ1) is 21.1. The van der Waals surface area contributed by atoms with E-state index in [1.165, 1.54) is 22.5 Å². The summed E-state index contributed by atoms with van der Waals surface area (Å²) in [6.45, 7) is 11.5. The molecule has 1 N–H and O–H groups in total. The van der Waals surface area contributed by atoms with E-state index < -0.39 is 0 Å². The molecule has 160 valence electrons. The minimum absolute atomic E-state index is 0.144. The zero-order valence-corrected chi connectivity index (χ0v) is 19.4. The zero-order chi connectivity index (χ0) is 22.1. The van der Waals surface area contributed by atoms with Crippen LogP contribution in [0.25, 0.3) is 22.2 Å². The zero-order valence-electron chi connectivity index (χ0n) is 18.6. The number of carbonyl (C=O) groups is 1. The van der Waals surface area contributed by atoms with Gasteiger partial charge in [-0.3, -0.25) is 10.1 Å². The van der Waals surface area contributed by atoms with Crippen LogP contribution in [0.1, 0.15) is 41.0 Å². The molecule has 4 rings (SSSR count). The van der Waals surface area contributed by atoms with Gasteiger partial charge in [0.25, 0.3) is 5.91 Å². The topological polar surface area (TPSA) is 56.1 Å². The lowest BCUT2D eigenvalue weighted by atomic mass is 10.1. The molecule has 5 nitrogen and oxygen atoms in total. The van der Waals surface area contributed by atoms with E-state index in [0.29, 0.717) is 24.0 Å². The maximum Gasteiger partial charge on any atom is 0.274 e. The average Bonchev–Trinajstić information content (AvgIpc) is 3.32. The lowest BCUT2D eigenvalue weighted by molar-refractivity contribution is 0.101. The highest BCUT2D eigenvalue weighted by Crippen LogP contribution is 2.31. The summed E-state index contributed by atoms with van der Waals surface area (Å²) < 4.78 is 7.70. The number of rotatable bonds is 6. The lowest BCUT2D eigenvalue weighted by Gasteiger charge is -2.08. The van der Waals surface area contributed by atoms with Gasteiger partial charge in [-0.2, -0.15) is 0 Å². The molecule has 0 bridgehead atoms. The third-order valence-electron chi connectivity index (χ3n) is 5.66. The number of aromatic nitrogens is 2. The van der Waals surface area contributed by atoms with E-state index in [9.17, 15) is 4.79 Å². The Bertz CT molecular complexity index is 1270. The summed E-state index contributed by atoms with van der Waals surface area (Å²) in [5, 5.41) is 6.62. The van der Waals surface area contributed by atoms with Crippen molar-refractivity contribution in [2.45, 2.75) is 41.2 Å². The van der Waals surface area contributed by atoms with E-state index in [1.54, 1.807) is 0 Å².